The zero-order valence-electron chi connectivity index (χ0n) is 10.6. The van der Waals surface area contributed by atoms with Gasteiger partial charge in [0.1, 0.15) is 5.82 Å². The van der Waals surface area contributed by atoms with E-state index in [4.69, 9.17) is 5.73 Å². The molecule has 4 heteroatoms. The van der Waals surface area contributed by atoms with Crippen LogP contribution in [0.4, 0.5) is 4.39 Å². The molecule has 98 valence electrons. The molecule has 18 heavy (non-hydrogen) atoms. The van der Waals surface area contributed by atoms with Crippen LogP contribution in [0.3, 0.4) is 0 Å². The predicted octanol–water partition coefficient (Wildman–Crippen LogP) is 1.94. The first-order valence-electron chi connectivity index (χ1n) is 5.93. The quantitative estimate of drug-likeness (QED) is 0.784. The van der Waals surface area contributed by atoms with E-state index in [1.807, 2.05) is 0 Å². The van der Waals surface area contributed by atoms with Gasteiger partial charge in [-0.05, 0) is 6.07 Å². The Balaban J connectivity index is 2.83. The number of benzene rings is 1. The average molecular weight is 250 g/mol. The van der Waals surface area contributed by atoms with Gasteiger partial charge in [0.2, 0.25) is 5.91 Å². The number of amides is 1. The average Bonchev–Trinajstić information content (AvgIpc) is 2.39. The molecule has 0 radical (unpaired) electrons. The monoisotopic (exact) mass is 250 g/mol. The Morgan fingerprint density at radius 3 is 2.78 bits per heavy atom. The van der Waals surface area contributed by atoms with E-state index >= 15 is 0 Å². The summed E-state index contributed by atoms with van der Waals surface area (Å²) in [5, 5.41) is 0. The summed E-state index contributed by atoms with van der Waals surface area (Å²) in [6.45, 7) is 6.28. The standard InChI is InChI=1S/C14H19FN2O/c1-3-8-17(14(18)11(2)9-16)10-12-6-4-5-7-13(12)15/h3-7,11H,1,8-10,16H2,2H3. The van der Waals surface area contributed by atoms with Crippen LogP contribution in [0.2, 0.25) is 0 Å². The van der Waals surface area contributed by atoms with Gasteiger partial charge in [-0.1, -0.05) is 31.2 Å². The maximum atomic E-state index is 13.5. The van der Waals surface area contributed by atoms with Crippen LogP contribution < -0.4 is 5.73 Å². The Hall–Kier alpha value is -1.68. The van der Waals surface area contributed by atoms with E-state index in [2.05, 4.69) is 6.58 Å². The molecule has 3 nitrogen and oxygen atoms in total. The zero-order chi connectivity index (χ0) is 13.5. The van der Waals surface area contributed by atoms with E-state index < -0.39 is 0 Å². The maximum Gasteiger partial charge on any atom is 0.227 e. The summed E-state index contributed by atoms with van der Waals surface area (Å²) in [5.74, 6) is -0.655. The molecule has 1 aromatic carbocycles. The van der Waals surface area contributed by atoms with Gasteiger partial charge in [0, 0.05) is 31.1 Å². The van der Waals surface area contributed by atoms with E-state index in [0.29, 0.717) is 12.1 Å². The molecule has 2 N–H and O–H groups in total. The Morgan fingerprint density at radius 1 is 1.56 bits per heavy atom. The molecule has 0 fully saturated rings. The topological polar surface area (TPSA) is 46.3 Å². The van der Waals surface area contributed by atoms with Crippen molar-refractivity contribution >= 4 is 5.91 Å². The highest BCUT2D eigenvalue weighted by Gasteiger charge is 2.19. The Labute approximate surface area is 107 Å². The lowest BCUT2D eigenvalue weighted by Crippen LogP contribution is -2.37. The summed E-state index contributed by atoms with van der Waals surface area (Å²) in [6, 6.07) is 6.44. The third kappa shape index (κ3) is 3.67. The maximum absolute atomic E-state index is 13.5. The minimum absolute atomic E-state index is 0.0827. The van der Waals surface area contributed by atoms with Gasteiger partial charge in [-0.2, -0.15) is 0 Å². The van der Waals surface area contributed by atoms with Crippen molar-refractivity contribution in [2.45, 2.75) is 13.5 Å². The number of halogens is 1. The van der Waals surface area contributed by atoms with Crippen LogP contribution in [0.1, 0.15) is 12.5 Å². The van der Waals surface area contributed by atoms with Gasteiger partial charge in [0.05, 0.1) is 0 Å². The lowest BCUT2D eigenvalue weighted by atomic mass is 10.1. The molecule has 1 rings (SSSR count). The minimum Gasteiger partial charge on any atom is -0.334 e. The number of hydrogen-bond acceptors (Lipinski definition) is 2. The molecule has 0 spiro atoms. The Bertz CT molecular complexity index is 420. The van der Waals surface area contributed by atoms with E-state index in [-0.39, 0.29) is 30.7 Å². The molecule has 0 aliphatic carbocycles. The normalized spacial score (nSPS) is 11.9. The molecular weight excluding hydrogens is 231 g/mol. The molecule has 0 heterocycles. The number of carbonyl (C=O) groups is 1. The predicted molar refractivity (Wildman–Crippen MR) is 70.2 cm³/mol. The lowest BCUT2D eigenvalue weighted by molar-refractivity contribution is -0.134. The molecular formula is C14H19FN2O. The van der Waals surface area contributed by atoms with Crippen LogP contribution >= 0.6 is 0 Å². The van der Waals surface area contributed by atoms with Gasteiger partial charge < -0.3 is 10.6 Å². The van der Waals surface area contributed by atoms with Crippen LogP contribution in [0.5, 0.6) is 0 Å². The van der Waals surface area contributed by atoms with Crippen LogP contribution in [0.15, 0.2) is 36.9 Å². The highest BCUT2D eigenvalue weighted by Crippen LogP contribution is 2.12. The zero-order valence-corrected chi connectivity index (χ0v) is 10.6. The fraction of sp³-hybridized carbons (Fsp3) is 0.357. The van der Waals surface area contributed by atoms with E-state index in [1.165, 1.54) is 6.07 Å². The van der Waals surface area contributed by atoms with Crippen molar-refractivity contribution < 1.29 is 9.18 Å². The second-order valence-corrected chi connectivity index (χ2v) is 4.24. The number of nitrogens with zero attached hydrogens (tertiary/aromatic N) is 1. The Kier molecular flexibility index (Phi) is 5.52. The summed E-state index contributed by atoms with van der Waals surface area (Å²) in [7, 11) is 0. The minimum atomic E-state index is -0.306. The van der Waals surface area contributed by atoms with Gasteiger partial charge in [-0.25, -0.2) is 4.39 Å². The number of rotatable bonds is 6. The smallest absolute Gasteiger partial charge is 0.227 e. The van der Waals surface area contributed by atoms with Crippen molar-refractivity contribution in [3.8, 4) is 0 Å². The SMILES string of the molecule is C=CCN(Cc1ccccc1F)C(=O)C(C)CN. The largest absolute Gasteiger partial charge is 0.334 e. The van der Waals surface area contributed by atoms with E-state index in [0.717, 1.165) is 0 Å². The molecule has 1 aromatic rings. The van der Waals surface area contributed by atoms with Gasteiger partial charge >= 0.3 is 0 Å². The Morgan fingerprint density at radius 2 is 2.22 bits per heavy atom. The lowest BCUT2D eigenvalue weighted by Gasteiger charge is -2.24. The van der Waals surface area contributed by atoms with Crippen molar-refractivity contribution in [3.05, 3.63) is 48.3 Å². The fourth-order valence-electron chi connectivity index (χ4n) is 1.63. The molecule has 0 bridgehead atoms. The third-order valence-electron chi connectivity index (χ3n) is 2.76. The molecule has 1 unspecified atom stereocenters. The second kappa shape index (κ2) is 6.91. The van der Waals surface area contributed by atoms with Gasteiger partial charge in [-0.3, -0.25) is 4.79 Å². The fourth-order valence-corrected chi connectivity index (χ4v) is 1.63. The van der Waals surface area contributed by atoms with Crippen LogP contribution in [0, 0.1) is 11.7 Å². The summed E-state index contributed by atoms with van der Waals surface area (Å²) < 4.78 is 13.5. The van der Waals surface area contributed by atoms with Crippen LogP contribution in [0.25, 0.3) is 0 Å². The number of hydrogen-bond donors (Lipinski definition) is 1. The molecule has 0 aliphatic heterocycles. The van der Waals surface area contributed by atoms with Crippen molar-refractivity contribution in [2.24, 2.45) is 11.7 Å². The first-order chi connectivity index (χ1) is 8.60. The first-order valence-corrected chi connectivity index (χ1v) is 5.93. The highest BCUT2D eigenvalue weighted by molar-refractivity contribution is 5.78. The summed E-state index contributed by atoms with van der Waals surface area (Å²) in [4.78, 5) is 13.6. The highest BCUT2D eigenvalue weighted by atomic mass is 19.1. The summed E-state index contributed by atoms with van der Waals surface area (Å²) in [6.07, 6.45) is 1.63. The van der Waals surface area contributed by atoms with E-state index in [1.54, 1.807) is 36.1 Å². The second-order valence-electron chi connectivity index (χ2n) is 4.24. The molecule has 0 aliphatic rings. The first kappa shape index (κ1) is 14.4. The molecule has 0 aromatic heterocycles. The van der Waals surface area contributed by atoms with Crippen molar-refractivity contribution in [1.82, 2.24) is 4.90 Å². The molecule has 1 amide bonds. The van der Waals surface area contributed by atoms with Crippen molar-refractivity contribution in [3.63, 3.8) is 0 Å². The summed E-state index contributed by atoms with van der Waals surface area (Å²) in [5.41, 5.74) is 5.98. The van der Waals surface area contributed by atoms with Crippen molar-refractivity contribution in [1.29, 1.82) is 0 Å². The van der Waals surface area contributed by atoms with Gasteiger partial charge in [0.15, 0.2) is 0 Å². The van der Waals surface area contributed by atoms with Crippen LogP contribution in [-0.4, -0.2) is 23.9 Å². The molecule has 0 saturated carbocycles. The van der Waals surface area contributed by atoms with Crippen molar-refractivity contribution in [2.75, 3.05) is 13.1 Å². The van der Waals surface area contributed by atoms with Gasteiger partial charge in [0.25, 0.3) is 0 Å². The molecule has 0 saturated heterocycles. The summed E-state index contributed by atoms with van der Waals surface area (Å²) >= 11 is 0. The third-order valence-corrected chi connectivity index (χ3v) is 2.76. The number of carbonyl (C=O) groups excluding carboxylic acids is 1. The van der Waals surface area contributed by atoms with Crippen LogP contribution in [-0.2, 0) is 11.3 Å². The molecule has 1 atom stereocenters. The van der Waals surface area contributed by atoms with E-state index in [9.17, 15) is 9.18 Å². The number of nitrogens with two attached hydrogens (primary N) is 1. The van der Waals surface area contributed by atoms with Gasteiger partial charge in [-0.15, -0.1) is 6.58 Å².